The number of anilines is 1. The van der Waals surface area contributed by atoms with E-state index in [1.165, 1.54) is 27.1 Å². The number of hydrogen-bond acceptors (Lipinski definition) is 5. The Labute approximate surface area is 188 Å². The minimum Gasteiger partial charge on any atom is -0.372 e. The van der Waals surface area contributed by atoms with Crippen molar-refractivity contribution < 1.29 is 8.42 Å². The average molecular weight is 460 g/mol. The van der Waals surface area contributed by atoms with Crippen LogP contribution >= 0.6 is 11.3 Å². The molecule has 2 heterocycles. The molecule has 0 bridgehead atoms. The molecule has 2 aliphatic heterocycles. The zero-order valence-corrected chi connectivity index (χ0v) is 20.6. The molecule has 0 N–H and O–H groups in total. The van der Waals surface area contributed by atoms with Gasteiger partial charge in [-0.1, -0.05) is 0 Å². The van der Waals surface area contributed by atoms with Crippen molar-refractivity contribution in [3.8, 4) is 10.6 Å². The Bertz CT molecular complexity index is 1270. The van der Waals surface area contributed by atoms with E-state index in [1.54, 1.807) is 15.6 Å². The van der Waals surface area contributed by atoms with Crippen molar-refractivity contribution in [2.75, 3.05) is 50.4 Å². The summed E-state index contributed by atoms with van der Waals surface area (Å²) >= 11 is 1.79. The maximum absolute atomic E-state index is 11.8. The summed E-state index contributed by atoms with van der Waals surface area (Å²) in [5.41, 5.74) is 5.74. The standard InChI is InChI=1S/C23H31N4O2S2/c1-6-25(7-2)18-12-16(3)22-20(14-18)30-21-15-19(13-17(4)23(21)24-22)26-8-10-27(11-9-26)31(5,28)29/h12-15H,6-11H2,1-5H3/q+1. The van der Waals surface area contributed by atoms with Gasteiger partial charge in [0.2, 0.25) is 15.4 Å². The number of benzene rings is 2. The third-order valence-corrected chi connectivity index (χ3v) is 8.51. The molecule has 1 aromatic carbocycles. The first-order valence-electron chi connectivity index (χ1n) is 10.8. The highest BCUT2D eigenvalue weighted by Gasteiger charge is 2.26. The van der Waals surface area contributed by atoms with Gasteiger partial charge >= 0.3 is 0 Å². The van der Waals surface area contributed by atoms with Crippen LogP contribution < -0.4 is 14.8 Å². The average Bonchev–Trinajstić information content (AvgIpc) is 2.73. The van der Waals surface area contributed by atoms with Crippen LogP contribution in [0.15, 0.2) is 24.3 Å². The fourth-order valence-corrected chi connectivity index (χ4v) is 6.39. The number of piperazine rings is 1. The Balaban J connectivity index is 1.83. The summed E-state index contributed by atoms with van der Waals surface area (Å²) in [7, 11) is -3.12. The van der Waals surface area contributed by atoms with Gasteiger partial charge in [0.05, 0.1) is 40.1 Å². The van der Waals surface area contributed by atoms with Crippen molar-refractivity contribution in [2.45, 2.75) is 27.7 Å². The third kappa shape index (κ3) is 4.33. The van der Waals surface area contributed by atoms with E-state index in [0.717, 1.165) is 35.2 Å². The van der Waals surface area contributed by atoms with E-state index in [0.29, 0.717) is 26.2 Å². The van der Waals surface area contributed by atoms with Crippen LogP contribution in [0.25, 0.3) is 20.8 Å². The summed E-state index contributed by atoms with van der Waals surface area (Å²) in [4.78, 5) is 8.58. The van der Waals surface area contributed by atoms with E-state index in [2.05, 4.69) is 61.4 Å². The molecule has 0 aromatic heterocycles. The molecule has 0 radical (unpaired) electrons. The first kappa shape index (κ1) is 22.2. The summed E-state index contributed by atoms with van der Waals surface area (Å²) in [6.07, 6.45) is 1.29. The van der Waals surface area contributed by atoms with Crippen LogP contribution in [0.1, 0.15) is 25.0 Å². The molecule has 1 fully saturated rings. The normalized spacial score (nSPS) is 15.7. The van der Waals surface area contributed by atoms with Gasteiger partial charge in [0.15, 0.2) is 13.1 Å². The van der Waals surface area contributed by atoms with E-state index in [-0.39, 0.29) is 0 Å². The van der Waals surface area contributed by atoms with E-state index in [4.69, 9.17) is 4.98 Å². The van der Waals surface area contributed by atoms with E-state index in [9.17, 15) is 8.42 Å². The number of aromatic nitrogens is 1. The molecule has 1 saturated heterocycles. The van der Waals surface area contributed by atoms with Gasteiger partial charge in [0.1, 0.15) is 0 Å². The lowest BCUT2D eigenvalue weighted by Crippen LogP contribution is -2.49. The second kappa shape index (κ2) is 8.48. The number of nitrogens with zero attached hydrogens (tertiary/aromatic N) is 4. The highest BCUT2D eigenvalue weighted by molar-refractivity contribution is 7.88. The third-order valence-electron chi connectivity index (χ3n) is 6.15. The fourth-order valence-electron chi connectivity index (χ4n) is 4.36. The molecule has 8 heteroatoms. The summed E-state index contributed by atoms with van der Waals surface area (Å²) in [6, 6.07) is 8.91. The quantitative estimate of drug-likeness (QED) is 0.445. The molecule has 0 spiro atoms. The van der Waals surface area contributed by atoms with Crippen LogP contribution in [0, 0.1) is 13.8 Å². The van der Waals surface area contributed by atoms with Crippen LogP contribution in [-0.2, 0) is 10.0 Å². The van der Waals surface area contributed by atoms with Crippen LogP contribution in [-0.4, -0.2) is 63.2 Å². The van der Waals surface area contributed by atoms with Gasteiger partial charge in [0, 0.05) is 30.9 Å². The first-order valence-corrected chi connectivity index (χ1v) is 13.5. The Morgan fingerprint density at radius 1 is 1.06 bits per heavy atom. The highest BCUT2D eigenvalue weighted by Crippen LogP contribution is 2.35. The predicted octanol–water partition coefficient (Wildman–Crippen LogP) is 2.91. The Kier molecular flexibility index (Phi) is 6.07. The zero-order chi connectivity index (χ0) is 22.3. The minimum atomic E-state index is -3.12. The molecule has 6 nitrogen and oxygen atoms in total. The molecule has 0 atom stereocenters. The van der Waals surface area contributed by atoms with Gasteiger partial charge in [-0.05, 0) is 51.0 Å². The van der Waals surface area contributed by atoms with E-state index < -0.39 is 10.0 Å². The number of sulfonamides is 1. The highest BCUT2D eigenvalue weighted by atomic mass is 32.2. The molecular weight excluding hydrogens is 428 g/mol. The maximum Gasteiger partial charge on any atom is 0.211 e. The maximum atomic E-state index is 11.8. The molecule has 0 amide bonds. The van der Waals surface area contributed by atoms with E-state index in [1.807, 2.05) is 0 Å². The van der Waals surface area contributed by atoms with Crippen molar-refractivity contribution in [1.29, 1.82) is 0 Å². The monoisotopic (exact) mass is 459 g/mol. The summed E-state index contributed by atoms with van der Waals surface area (Å²) in [6.45, 7) is 13.1. The summed E-state index contributed by atoms with van der Waals surface area (Å²) < 4.78 is 28.7. The second-order valence-corrected chi connectivity index (χ2v) is 11.3. The molecule has 31 heavy (non-hydrogen) atoms. The number of rotatable bonds is 4. The van der Waals surface area contributed by atoms with Gasteiger partial charge < -0.3 is 4.90 Å². The summed E-state index contributed by atoms with van der Waals surface area (Å²) in [5, 5.41) is 1.15. The predicted molar refractivity (Wildman–Crippen MR) is 131 cm³/mol. The molecule has 3 aliphatic rings. The zero-order valence-electron chi connectivity index (χ0n) is 19.0. The van der Waals surface area contributed by atoms with Crippen LogP contribution in [0.3, 0.4) is 0 Å². The van der Waals surface area contributed by atoms with Gasteiger partial charge in [-0.2, -0.15) is 4.31 Å². The van der Waals surface area contributed by atoms with Crippen molar-refractivity contribution in [1.82, 2.24) is 13.9 Å². The molecule has 1 aromatic rings. The lowest BCUT2D eigenvalue weighted by Gasteiger charge is -2.23. The van der Waals surface area contributed by atoms with Gasteiger partial charge in [-0.3, -0.25) is 0 Å². The lowest BCUT2D eigenvalue weighted by molar-refractivity contribution is 0.332. The second-order valence-electron chi connectivity index (χ2n) is 8.25. The van der Waals surface area contributed by atoms with Crippen molar-refractivity contribution in [2.24, 2.45) is 0 Å². The van der Waals surface area contributed by atoms with Crippen molar-refractivity contribution >= 4 is 37.3 Å². The van der Waals surface area contributed by atoms with Crippen molar-refractivity contribution in [3.63, 3.8) is 0 Å². The van der Waals surface area contributed by atoms with Crippen LogP contribution in [0.5, 0.6) is 0 Å². The molecule has 166 valence electrons. The Morgan fingerprint density at radius 2 is 1.74 bits per heavy atom. The summed E-state index contributed by atoms with van der Waals surface area (Å²) in [5.74, 6) is 0. The largest absolute Gasteiger partial charge is 0.372 e. The van der Waals surface area contributed by atoms with Gasteiger partial charge in [-0.15, -0.1) is 11.3 Å². The molecular formula is C23H31N4O2S2+. The van der Waals surface area contributed by atoms with Crippen LogP contribution in [0.2, 0.25) is 0 Å². The first-order chi connectivity index (χ1) is 14.7. The minimum absolute atomic E-state index is 0.530. The van der Waals surface area contributed by atoms with Gasteiger partial charge in [0.25, 0.3) is 0 Å². The van der Waals surface area contributed by atoms with Crippen LogP contribution in [0.4, 0.5) is 5.69 Å². The molecule has 0 unspecified atom stereocenters. The van der Waals surface area contributed by atoms with Crippen molar-refractivity contribution in [3.05, 3.63) is 40.7 Å². The molecule has 4 rings (SSSR count). The Hall–Kier alpha value is -2.03. The van der Waals surface area contributed by atoms with E-state index >= 15 is 0 Å². The number of fused-ring (bicyclic) bond motifs is 2. The molecule has 1 aliphatic carbocycles. The van der Waals surface area contributed by atoms with Gasteiger partial charge in [-0.25, -0.2) is 18.0 Å². The SMILES string of the molecule is CCN(CC)c1cc(C)c2nc3c(C)cc(=[N+]4CCN(S(C)(=O)=O)CC4)cc-3sc2c1. The molecule has 0 saturated carbocycles. The topological polar surface area (TPSA) is 56.5 Å². The fraction of sp³-hybridized carbons (Fsp3) is 0.478. The Morgan fingerprint density at radius 3 is 2.35 bits per heavy atom. The number of aryl methyl sites for hydroxylation is 2. The lowest BCUT2D eigenvalue weighted by atomic mass is 10.1. The number of hydrogen-bond donors (Lipinski definition) is 0. The smallest absolute Gasteiger partial charge is 0.211 e.